The van der Waals surface area contributed by atoms with Crippen LogP contribution in [0, 0.1) is 11.3 Å². The van der Waals surface area contributed by atoms with Crippen LogP contribution in [0.3, 0.4) is 0 Å². The zero-order valence-corrected chi connectivity index (χ0v) is 13.4. The number of hydrogen-bond acceptors (Lipinski definition) is 3. The number of nitrogens with one attached hydrogen (secondary N) is 1. The van der Waals surface area contributed by atoms with Gasteiger partial charge in [0.1, 0.15) is 0 Å². The highest BCUT2D eigenvalue weighted by atomic mass is 16.5. The minimum atomic E-state index is 0.159. The van der Waals surface area contributed by atoms with Gasteiger partial charge in [0, 0.05) is 31.7 Å². The van der Waals surface area contributed by atoms with E-state index in [1.165, 1.54) is 0 Å². The van der Waals surface area contributed by atoms with Gasteiger partial charge in [-0.3, -0.25) is 4.79 Å². The highest BCUT2D eigenvalue weighted by Crippen LogP contribution is 2.51. The molecule has 1 aliphatic heterocycles. The second-order valence-corrected chi connectivity index (χ2v) is 6.27. The number of ether oxygens (including phenoxy) is 1. The van der Waals surface area contributed by atoms with Crippen LogP contribution in [0.1, 0.15) is 46.5 Å². The Morgan fingerprint density at radius 2 is 2.05 bits per heavy atom. The van der Waals surface area contributed by atoms with Crippen molar-refractivity contribution in [2.45, 2.75) is 58.6 Å². The largest absolute Gasteiger partial charge is 0.378 e. The van der Waals surface area contributed by atoms with Gasteiger partial charge in [0.15, 0.2) is 0 Å². The lowest BCUT2D eigenvalue weighted by molar-refractivity contribution is -0.178. The summed E-state index contributed by atoms with van der Waals surface area (Å²) in [5.74, 6) is 0.499. The van der Waals surface area contributed by atoms with Gasteiger partial charge < -0.3 is 15.0 Å². The van der Waals surface area contributed by atoms with Crippen LogP contribution >= 0.6 is 0 Å². The Morgan fingerprint density at radius 3 is 2.55 bits per heavy atom. The molecule has 0 bridgehead atoms. The summed E-state index contributed by atoms with van der Waals surface area (Å²) in [5.41, 5.74) is 0.159. The zero-order valence-electron chi connectivity index (χ0n) is 13.4. The van der Waals surface area contributed by atoms with E-state index >= 15 is 0 Å². The summed E-state index contributed by atoms with van der Waals surface area (Å²) in [6.07, 6.45) is 4.47. The van der Waals surface area contributed by atoms with Crippen molar-refractivity contribution in [2.24, 2.45) is 11.3 Å². The van der Waals surface area contributed by atoms with Gasteiger partial charge in [0.2, 0.25) is 5.91 Å². The number of nitrogens with zero attached hydrogens (tertiary/aromatic N) is 1. The first-order valence-corrected chi connectivity index (χ1v) is 8.19. The third-order valence-corrected chi connectivity index (χ3v) is 5.65. The monoisotopic (exact) mass is 282 g/mol. The molecule has 4 nitrogen and oxygen atoms in total. The van der Waals surface area contributed by atoms with Gasteiger partial charge in [-0.15, -0.1) is 0 Å². The Kier molecular flexibility index (Phi) is 5.08. The normalized spacial score (nSPS) is 31.9. The molecule has 0 aromatic rings. The Morgan fingerprint density at radius 1 is 1.35 bits per heavy atom. The van der Waals surface area contributed by atoms with Crippen molar-refractivity contribution in [1.82, 2.24) is 10.2 Å². The lowest BCUT2D eigenvalue weighted by Crippen LogP contribution is -2.65. The molecule has 2 rings (SSSR count). The fourth-order valence-electron chi connectivity index (χ4n) is 4.19. The van der Waals surface area contributed by atoms with E-state index in [0.717, 1.165) is 45.4 Å². The summed E-state index contributed by atoms with van der Waals surface area (Å²) >= 11 is 0. The summed E-state index contributed by atoms with van der Waals surface area (Å²) in [6.45, 7) is 9.11. The molecule has 1 heterocycles. The number of rotatable bonds is 6. The van der Waals surface area contributed by atoms with E-state index in [2.05, 4.69) is 26.1 Å². The van der Waals surface area contributed by atoms with E-state index < -0.39 is 0 Å². The quantitative estimate of drug-likeness (QED) is 0.810. The summed E-state index contributed by atoms with van der Waals surface area (Å²) in [7, 11) is 1.99. The minimum absolute atomic E-state index is 0.159. The summed E-state index contributed by atoms with van der Waals surface area (Å²) in [5, 5.41) is 3.29. The van der Waals surface area contributed by atoms with Gasteiger partial charge in [0.25, 0.3) is 0 Å². The Labute approximate surface area is 123 Å². The summed E-state index contributed by atoms with van der Waals surface area (Å²) < 4.78 is 5.91. The number of carbonyl (C=O) groups is 1. The fourth-order valence-corrected chi connectivity index (χ4v) is 4.19. The molecular formula is C16H30N2O2. The van der Waals surface area contributed by atoms with Gasteiger partial charge in [-0.1, -0.05) is 13.8 Å². The molecule has 1 aliphatic carbocycles. The lowest BCUT2D eigenvalue weighted by Gasteiger charge is -2.58. The predicted octanol–water partition coefficient (Wildman–Crippen LogP) is 2.04. The van der Waals surface area contributed by atoms with Crippen molar-refractivity contribution in [2.75, 3.05) is 26.7 Å². The third-order valence-electron chi connectivity index (χ3n) is 5.65. The van der Waals surface area contributed by atoms with Crippen LogP contribution in [-0.2, 0) is 9.53 Å². The zero-order chi connectivity index (χ0) is 14.8. The highest BCUT2D eigenvalue weighted by molar-refractivity contribution is 5.79. The van der Waals surface area contributed by atoms with Crippen molar-refractivity contribution in [3.8, 4) is 0 Å². The van der Waals surface area contributed by atoms with Crippen LogP contribution in [0.5, 0.6) is 0 Å². The van der Waals surface area contributed by atoms with Crippen LogP contribution in [-0.4, -0.2) is 49.7 Å². The van der Waals surface area contributed by atoms with Crippen LogP contribution in [0.25, 0.3) is 0 Å². The molecule has 20 heavy (non-hydrogen) atoms. The fraction of sp³-hybridized carbons (Fsp3) is 0.938. The van der Waals surface area contributed by atoms with E-state index in [-0.39, 0.29) is 11.3 Å². The number of hydrogen-bond donors (Lipinski definition) is 1. The summed E-state index contributed by atoms with van der Waals surface area (Å²) in [4.78, 5) is 14.6. The number of amides is 1. The van der Waals surface area contributed by atoms with Crippen LogP contribution in [0.2, 0.25) is 0 Å². The Balaban J connectivity index is 2.05. The van der Waals surface area contributed by atoms with Crippen LogP contribution < -0.4 is 5.32 Å². The second kappa shape index (κ2) is 6.44. The lowest BCUT2D eigenvalue weighted by atomic mass is 9.58. The maximum absolute atomic E-state index is 12.6. The van der Waals surface area contributed by atoms with Crippen molar-refractivity contribution < 1.29 is 9.53 Å². The van der Waals surface area contributed by atoms with Gasteiger partial charge in [-0.25, -0.2) is 0 Å². The maximum atomic E-state index is 12.6. The number of carbonyl (C=O) groups excluding carboxylic acids is 1. The van der Waals surface area contributed by atoms with Gasteiger partial charge in [-0.2, -0.15) is 0 Å². The standard InChI is InChI=1S/C16H30N2O2/c1-5-16(6-2)13(10-14(16)20-7-3)18(4)15(19)12-8-9-17-11-12/h12-14,17H,5-11H2,1-4H3. The first-order valence-electron chi connectivity index (χ1n) is 8.19. The predicted molar refractivity (Wildman–Crippen MR) is 80.6 cm³/mol. The van der Waals surface area contributed by atoms with E-state index in [0.29, 0.717) is 18.1 Å². The first-order chi connectivity index (χ1) is 9.60. The first kappa shape index (κ1) is 15.8. The maximum Gasteiger partial charge on any atom is 0.227 e. The van der Waals surface area contributed by atoms with E-state index in [1.807, 2.05) is 11.9 Å². The van der Waals surface area contributed by atoms with Crippen LogP contribution in [0.4, 0.5) is 0 Å². The van der Waals surface area contributed by atoms with Crippen molar-refractivity contribution in [1.29, 1.82) is 0 Å². The SMILES string of the molecule is CCOC1CC(N(C)C(=O)C2CCNC2)C1(CC)CC. The van der Waals surface area contributed by atoms with Gasteiger partial charge in [-0.05, 0) is 39.2 Å². The topological polar surface area (TPSA) is 41.6 Å². The Hall–Kier alpha value is -0.610. The molecule has 0 aromatic carbocycles. The summed E-state index contributed by atoms with van der Waals surface area (Å²) in [6, 6.07) is 0.349. The molecule has 0 aromatic heterocycles. The van der Waals surface area contributed by atoms with Crippen molar-refractivity contribution in [3.05, 3.63) is 0 Å². The average molecular weight is 282 g/mol. The molecule has 1 saturated heterocycles. The third kappa shape index (κ3) is 2.48. The molecule has 3 unspecified atom stereocenters. The van der Waals surface area contributed by atoms with Crippen LogP contribution in [0.15, 0.2) is 0 Å². The van der Waals surface area contributed by atoms with E-state index in [1.54, 1.807) is 0 Å². The van der Waals surface area contributed by atoms with Crippen molar-refractivity contribution in [3.63, 3.8) is 0 Å². The second-order valence-electron chi connectivity index (χ2n) is 6.27. The molecule has 4 heteroatoms. The molecule has 116 valence electrons. The molecule has 3 atom stereocenters. The molecular weight excluding hydrogens is 252 g/mol. The van der Waals surface area contributed by atoms with E-state index in [4.69, 9.17) is 4.74 Å². The van der Waals surface area contributed by atoms with E-state index in [9.17, 15) is 4.79 Å². The average Bonchev–Trinajstić information content (AvgIpc) is 2.97. The molecule has 1 saturated carbocycles. The molecule has 1 N–H and O–H groups in total. The molecule has 2 fully saturated rings. The van der Waals surface area contributed by atoms with Gasteiger partial charge >= 0.3 is 0 Å². The van der Waals surface area contributed by atoms with Crippen molar-refractivity contribution >= 4 is 5.91 Å². The smallest absolute Gasteiger partial charge is 0.227 e. The molecule has 1 amide bonds. The molecule has 0 spiro atoms. The molecule has 2 aliphatic rings. The molecule has 0 radical (unpaired) electrons. The highest BCUT2D eigenvalue weighted by Gasteiger charge is 2.56. The minimum Gasteiger partial charge on any atom is -0.378 e. The Bertz CT molecular complexity index is 335. The van der Waals surface area contributed by atoms with Gasteiger partial charge in [0.05, 0.1) is 12.0 Å².